The molecular formula is C16H13Cl2FN2O3. The van der Waals surface area contributed by atoms with Crippen molar-refractivity contribution in [2.24, 2.45) is 0 Å². The molecule has 0 amide bonds. The van der Waals surface area contributed by atoms with Gasteiger partial charge in [0.05, 0.1) is 28.5 Å². The van der Waals surface area contributed by atoms with E-state index in [0.717, 1.165) is 0 Å². The molecule has 0 spiro atoms. The summed E-state index contributed by atoms with van der Waals surface area (Å²) in [5.41, 5.74) is 5.78. The number of nitrogens with zero attached hydrogens (tertiary/aromatic N) is 1. The zero-order chi connectivity index (χ0) is 17.9. The Bertz CT molecular complexity index is 812. The van der Waals surface area contributed by atoms with Gasteiger partial charge in [0.2, 0.25) is 0 Å². The topological polar surface area (TPSA) is 74.4 Å². The molecule has 8 heteroatoms. The Hall–Kier alpha value is -2.31. The van der Waals surface area contributed by atoms with Crippen molar-refractivity contribution in [3.8, 4) is 17.0 Å². The summed E-state index contributed by atoms with van der Waals surface area (Å²) in [4.78, 5) is 16.1. The van der Waals surface area contributed by atoms with Crippen molar-refractivity contribution in [1.82, 2.24) is 4.98 Å². The summed E-state index contributed by atoms with van der Waals surface area (Å²) in [6.07, 6.45) is 1.39. The van der Waals surface area contributed by atoms with Gasteiger partial charge in [-0.1, -0.05) is 35.9 Å². The average molecular weight is 371 g/mol. The van der Waals surface area contributed by atoms with Gasteiger partial charge in [-0.25, -0.2) is 14.2 Å². The van der Waals surface area contributed by atoms with Gasteiger partial charge in [0, 0.05) is 5.56 Å². The second kappa shape index (κ2) is 7.51. The summed E-state index contributed by atoms with van der Waals surface area (Å²) in [7, 11) is 1.29. The lowest BCUT2D eigenvalue weighted by Crippen LogP contribution is -2.10. The van der Waals surface area contributed by atoms with E-state index in [4.69, 9.17) is 38.4 Å². The molecule has 0 radical (unpaired) electrons. The number of nitrogen functional groups attached to an aromatic ring is 1. The molecular weight excluding hydrogens is 358 g/mol. The summed E-state index contributed by atoms with van der Waals surface area (Å²) < 4.78 is 24.4. The summed E-state index contributed by atoms with van der Waals surface area (Å²) in [6, 6.07) is 4.19. The molecule has 24 heavy (non-hydrogen) atoms. The first-order chi connectivity index (χ1) is 11.4. The first-order valence-corrected chi connectivity index (χ1v) is 7.42. The molecule has 2 rings (SSSR count). The fraction of sp³-hybridized carbons (Fsp3) is 0.125. The number of nitrogens with two attached hydrogens (primary N) is 1. The van der Waals surface area contributed by atoms with E-state index in [1.165, 1.54) is 31.4 Å². The van der Waals surface area contributed by atoms with Crippen LogP contribution in [0.15, 0.2) is 30.9 Å². The maximum Gasteiger partial charge on any atom is 0.358 e. The minimum absolute atomic E-state index is 0.0237. The number of esters is 1. The predicted molar refractivity (Wildman–Crippen MR) is 91.1 cm³/mol. The second-order valence-electron chi connectivity index (χ2n) is 4.59. The highest BCUT2D eigenvalue weighted by atomic mass is 35.5. The normalized spacial score (nSPS) is 10.3. The number of halogens is 3. The molecule has 1 aromatic carbocycles. The third-order valence-corrected chi connectivity index (χ3v) is 3.74. The maximum atomic E-state index is 14.5. The van der Waals surface area contributed by atoms with Gasteiger partial charge >= 0.3 is 5.97 Å². The maximum absolute atomic E-state index is 14.5. The Kier molecular flexibility index (Phi) is 5.64. The van der Waals surface area contributed by atoms with Crippen LogP contribution in [0.2, 0.25) is 10.0 Å². The van der Waals surface area contributed by atoms with Crippen molar-refractivity contribution in [2.75, 3.05) is 19.5 Å². The van der Waals surface area contributed by atoms with Crippen molar-refractivity contribution >= 4 is 34.9 Å². The molecule has 2 aromatic rings. The fourth-order valence-electron chi connectivity index (χ4n) is 1.94. The zero-order valence-corrected chi connectivity index (χ0v) is 14.1. The van der Waals surface area contributed by atoms with Gasteiger partial charge in [-0.15, -0.1) is 0 Å². The molecule has 0 saturated carbocycles. The highest BCUT2D eigenvalue weighted by molar-refractivity contribution is 6.35. The van der Waals surface area contributed by atoms with Crippen molar-refractivity contribution in [2.45, 2.75) is 0 Å². The predicted octanol–water partition coefficient (Wildman–Crippen LogP) is 4.13. The van der Waals surface area contributed by atoms with Crippen LogP contribution in [0.1, 0.15) is 10.5 Å². The van der Waals surface area contributed by atoms with Gasteiger partial charge in [0.1, 0.15) is 6.61 Å². The van der Waals surface area contributed by atoms with Crippen LogP contribution in [-0.4, -0.2) is 24.7 Å². The second-order valence-corrected chi connectivity index (χ2v) is 5.37. The number of pyridine rings is 1. The Morgan fingerprint density at radius 2 is 2.17 bits per heavy atom. The molecule has 0 atom stereocenters. The number of ether oxygens (including phenoxy) is 2. The van der Waals surface area contributed by atoms with Gasteiger partial charge in [0.25, 0.3) is 0 Å². The fourth-order valence-corrected chi connectivity index (χ4v) is 2.34. The number of aromatic nitrogens is 1. The van der Waals surface area contributed by atoms with Gasteiger partial charge in [-0.2, -0.15) is 0 Å². The minimum Gasteiger partial charge on any atom is -0.492 e. The van der Waals surface area contributed by atoms with Crippen LogP contribution in [0, 0.1) is 5.82 Å². The molecule has 0 saturated heterocycles. The molecule has 2 N–H and O–H groups in total. The zero-order valence-electron chi connectivity index (χ0n) is 12.6. The summed E-state index contributed by atoms with van der Waals surface area (Å²) in [5.74, 6) is -1.67. The van der Waals surface area contributed by atoms with Crippen molar-refractivity contribution in [1.29, 1.82) is 0 Å². The van der Waals surface area contributed by atoms with E-state index in [-0.39, 0.29) is 45.0 Å². The average Bonchev–Trinajstić information content (AvgIpc) is 2.55. The molecule has 5 nitrogen and oxygen atoms in total. The van der Waals surface area contributed by atoms with Gasteiger partial charge in [-0.05, 0) is 18.2 Å². The highest BCUT2D eigenvalue weighted by Crippen LogP contribution is 2.36. The molecule has 0 fully saturated rings. The minimum atomic E-state index is -0.796. The van der Waals surface area contributed by atoms with Gasteiger partial charge < -0.3 is 15.2 Å². The number of rotatable bonds is 5. The molecule has 1 heterocycles. The molecule has 1 aromatic heterocycles. The summed E-state index contributed by atoms with van der Waals surface area (Å²) >= 11 is 11.9. The van der Waals surface area contributed by atoms with Gasteiger partial charge in [0.15, 0.2) is 17.3 Å². The third kappa shape index (κ3) is 3.44. The van der Waals surface area contributed by atoms with Crippen molar-refractivity contribution in [3.63, 3.8) is 0 Å². The summed E-state index contributed by atoms with van der Waals surface area (Å²) in [5, 5.41) is 0.0282. The van der Waals surface area contributed by atoms with Crippen molar-refractivity contribution in [3.05, 3.63) is 52.4 Å². The van der Waals surface area contributed by atoms with E-state index >= 15 is 0 Å². The Balaban J connectivity index is 2.59. The van der Waals surface area contributed by atoms with E-state index in [2.05, 4.69) is 11.6 Å². The number of hydrogen-bond donors (Lipinski definition) is 1. The Morgan fingerprint density at radius 1 is 1.46 bits per heavy atom. The van der Waals surface area contributed by atoms with Crippen LogP contribution >= 0.6 is 23.2 Å². The van der Waals surface area contributed by atoms with Crippen molar-refractivity contribution < 1.29 is 18.7 Å². The van der Waals surface area contributed by atoms with Crippen LogP contribution in [0.25, 0.3) is 11.3 Å². The van der Waals surface area contributed by atoms with E-state index in [9.17, 15) is 9.18 Å². The first-order valence-electron chi connectivity index (χ1n) is 6.67. The quantitative estimate of drug-likeness (QED) is 0.632. The van der Waals surface area contributed by atoms with Crippen LogP contribution in [-0.2, 0) is 4.74 Å². The molecule has 0 unspecified atom stereocenters. The van der Waals surface area contributed by atoms with Crippen LogP contribution in [0.4, 0.5) is 10.1 Å². The van der Waals surface area contributed by atoms with Gasteiger partial charge in [-0.3, -0.25) is 0 Å². The number of benzene rings is 1. The number of hydrogen-bond acceptors (Lipinski definition) is 5. The van der Waals surface area contributed by atoms with E-state index in [0.29, 0.717) is 0 Å². The highest BCUT2D eigenvalue weighted by Gasteiger charge is 2.21. The lowest BCUT2D eigenvalue weighted by Gasteiger charge is -2.12. The first kappa shape index (κ1) is 18.0. The molecule has 0 aliphatic carbocycles. The third-order valence-electron chi connectivity index (χ3n) is 3.04. The number of carbonyl (C=O) groups excluding carboxylic acids is 1. The van der Waals surface area contributed by atoms with Crippen LogP contribution in [0.5, 0.6) is 5.75 Å². The monoisotopic (exact) mass is 370 g/mol. The largest absolute Gasteiger partial charge is 0.492 e. The smallest absolute Gasteiger partial charge is 0.358 e. The van der Waals surface area contributed by atoms with E-state index in [1.54, 1.807) is 0 Å². The number of carbonyl (C=O) groups is 1. The Morgan fingerprint density at radius 3 is 2.79 bits per heavy atom. The lowest BCUT2D eigenvalue weighted by molar-refractivity contribution is 0.0543. The molecule has 0 bridgehead atoms. The molecule has 0 aliphatic heterocycles. The SMILES string of the molecule is C=CCOC(=O)c1nc(-c2ccc(Cl)c(OC)c2F)cc(N)c1Cl. The number of methoxy groups -OCH3 is 1. The van der Waals surface area contributed by atoms with Crippen LogP contribution < -0.4 is 10.5 Å². The van der Waals surface area contributed by atoms with E-state index in [1.807, 2.05) is 0 Å². The summed E-state index contributed by atoms with van der Waals surface area (Å²) in [6.45, 7) is 3.42. The van der Waals surface area contributed by atoms with E-state index < -0.39 is 11.8 Å². The molecule has 126 valence electrons. The molecule has 0 aliphatic rings. The number of anilines is 1. The van der Waals surface area contributed by atoms with Crippen LogP contribution in [0.3, 0.4) is 0 Å². The standard InChI is InChI=1S/C16H13Cl2FN2O3/c1-3-6-24-16(22)14-12(18)10(20)7-11(21-14)8-4-5-9(17)15(23-2)13(8)19/h3-5,7H,1,6H2,2H3,(H2,20,21). The lowest BCUT2D eigenvalue weighted by atomic mass is 10.1. The Labute approximate surface area is 147 Å².